The van der Waals surface area contributed by atoms with Crippen LogP contribution in [0.1, 0.15) is 53.4 Å². The number of hydrogen-bond acceptors (Lipinski definition) is 3. The average Bonchev–Trinajstić information content (AvgIpc) is 2.43. The van der Waals surface area contributed by atoms with Crippen molar-refractivity contribution in [3.63, 3.8) is 0 Å². The van der Waals surface area contributed by atoms with E-state index in [-0.39, 0.29) is 12.8 Å². The van der Waals surface area contributed by atoms with E-state index in [9.17, 15) is 14.0 Å². The second-order valence-corrected chi connectivity index (χ2v) is 11.5. The van der Waals surface area contributed by atoms with Gasteiger partial charge in [0.1, 0.15) is 5.90 Å². The van der Waals surface area contributed by atoms with E-state index in [0.717, 1.165) is 25.7 Å². The molecule has 0 rings (SSSR count). The summed E-state index contributed by atoms with van der Waals surface area (Å²) in [5.41, 5.74) is 3.91. The molecular weight excluding hydrogens is 374 g/mol. The third-order valence-electron chi connectivity index (χ3n) is 3.66. The number of rotatable bonds is 13. The van der Waals surface area contributed by atoms with Crippen LogP contribution in [0.2, 0.25) is 0 Å². The SMILES string of the molecule is CC(C)=CCCC(C)=CCCC(C)=CCOCCP(=O)(O)CP(=O)(O)O. The summed E-state index contributed by atoms with van der Waals surface area (Å²) in [5.74, 6) is -0.989. The molecule has 0 bridgehead atoms. The molecule has 0 saturated carbocycles. The van der Waals surface area contributed by atoms with Crippen LogP contribution in [0.3, 0.4) is 0 Å². The third kappa shape index (κ3) is 17.0. The van der Waals surface area contributed by atoms with Gasteiger partial charge < -0.3 is 19.4 Å². The minimum Gasteiger partial charge on any atom is -0.377 e. The minimum atomic E-state index is -4.48. The molecule has 1 atom stereocenters. The largest absolute Gasteiger partial charge is 0.377 e. The quantitative estimate of drug-likeness (QED) is 0.229. The summed E-state index contributed by atoms with van der Waals surface area (Å²) in [7, 11) is -8.32. The van der Waals surface area contributed by atoms with Gasteiger partial charge in [-0.2, -0.15) is 0 Å². The molecule has 0 aromatic carbocycles. The Bertz CT molecular complexity index is 597. The van der Waals surface area contributed by atoms with E-state index in [1.165, 1.54) is 16.7 Å². The highest BCUT2D eigenvalue weighted by atomic mass is 31.2. The van der Waals surface area contributed by atoms with Gasteiger partial charge in [-0.1, -0.05) is 34.9 Å². The summed E-state index contributed by atoms with van der Waals surface area (Å²) in [6.45, 7) is 8.69. The maximum Gasteiger partial charge on any atom is 0.335 e. The van der Waals surface area contributed by atoms with E-state index in [0.29, 0.717) is 6.61 Å². The maximum absolute atomic E-state index is 11.6. The Balaban J connectivity index is 4.00. The zero-order valence-electron chi connectivity index (χ0n) is 16.3. The molecule has 26 heavy (non-hydrogen) atoms. The minimum absolute atomic E-state index is 0.000924. The molecule has 0 heterocycles. The first-order valence-corrected chi connectivity index (χ1v) is 12.6. The van der Waals surface area contributed by atoms with Gasteiger partial charge in [-0.25, -0.2) is 0 Å². The second-order valence-electron chi connectivity index (χ2n) is 6.91. The molecular formula is C18H34O6P2. The molecule has 0 aliphatic heterocycles. The van der Waals surface area contributed by atoms with Crippen molar-refractivity contribution in [3.8, 4) is 0 Å². The van der Waals surface area contributed by atoms with Crippen molar-refractivity contribution in [1.82, 2.24) is 0 Å². The van der Waals surface area contributed by atoms with E-state index in [2.05, 4.69) is 32.9 Å². The van der Waals surface area contributed by atoms with Crippen molar-refractivity contribution in [3.05, 3.63) is 34.9 Å². The Kier molecular flexibility index (Phi) is 12.6. The zero-order valence-corrected chi connectivity index (χ0v) is 18.1. The van der Waals surface area contributed by atoms with Crippen LogP contribution in [-0.4, -0.2) is 40.0 Å². The molecule has 1 unspecified atom stereocenters. The fraction of sp³-hybridized carbons (Fsp3) is 0.667. The summed E-state index contributed by atoms with van der Waals surface area (Å²) in [6, 6.07) is 0. The highest BCUT2D eigenvalue weighted by molar-refractivity contribution is 7.72. The van der Waals surface area contributed by atoms with E-state index >= 15 is 0 Å². The molecule has 0 aromatic rings. The van der Waals surface area contributed by atoms with Crippen molar-refractivity contribution in [2.24, 2.45) is 0 Å². The van der Waals surface area contributed by atoms with Gasteiger partial charge in [0.2, 0.25) is 7.37 Å². The van der Waals surface area contributed by atoms with Crippen LogP contribution in [0.5, 0.6) is 0 Å². The highest BCUT2D eigenvalue weighted by Crippen LogP contribution is 2.54. The molecule has 0 aliphatic carbocycles. The summed E-state index contributed by atoms with van der Waals surface area (Å²) in [6.07, 6.45) is 10.2. The van der Waals surface area contributed by atoms with Crippen molar-refractivity contribution < 1.29 is 28.5 Å². The number of hydrogen-bond donors (Lipinski definition) is 3. The van der Waals surface area contributed by atoms with Crippen molar-refractivity contribution >= 4 is 15.0 Å². The summed E-state index contributed by atoms with van der Waals surface area (Å²) >= 11 is 0. The van der Waals surface area contributed by atoms with Crippen LogP contribution >= 0.6 is 15.0 Å². The van der Waals surface area contributed by atoms with Crippen LogP contribution in [0.15, 0.2) is 34.9 Å². The van der Waals surface area contributed by atoms with E-state index < -0.39 is 20.9 Å². The normalized spacial score (nSPS) is 15.7. The lowest BCUT2D eigenvalue weighted by molar-refractivity contribution is 0.176. The van der Waals surface area contributed by atoms with Crippen molar-refractivity contribution in [1.29, 1.82) is 0 Å². The van der Waals surface area contributed by atoms with Crippen LogP contribution < -0.4 is 0 Å². The first kappa shape index (κ1) is 25.5. The van der Waals surface area contributed by atoms with Gasteiger partial charge in [0, 0.05) is 6.16 Å². The molecule has 0 aromatic heterocycles. The van der Waals surface area contributed by atoms with Crippen LogP contribution in [-0.2, 0) is 13.9 Å². The summed E-state index contributed by atoms with van der Waals surface area (Å²) < 4.78 is 27.6. The van der Waals surface area contributed by atoms with Gasteiger partial charge in [-0.05, 0) is 53.4 Å². The number of allylic oxidation sites excluding steroid dienone is 5. The molecule has 0 saturated heterocycles. The molecule has 0 fully saturated rings. The van der Waals surface area contributed by atoms with Gasteiger partial charge in [-0.15, -0.1) is 0 Å². The van der Waals surface area contributed by atoms with Crippen LogP contribution in [0, 0.1) is 0 Å². The molecule has 0 radical (unpaired) electrons. The zero-order chi connectivity index (χ0) is 20.2. The van der Waals surface area contributed by atoms with Gasteiger partial charge in [0.25, 0.3) is 0 Å². The van der Waals surface area contributed by atoms with Crippen molar-refractivity contribution in [2.75, 3.05) is 25.3 Å². The lowest BCUT2D eigenvalue weighted by atomic mass is 10.1. The molecule has 0 aliphatic rings. The van der Waals surface area contributed by atoms with Gasteiger partial charge in [0.15, 0.2) is 0 Å². The highest BCUT2D eigenvalue weighted by Gasteiger charge is 2.28. The van der Waals surface area contributed by atoms with E-state index in [4.69, 9.17) is 14.5 Å². The Morgan fingerprint density at radius 3 is 1.96 bits per heavy atom. The van der Waals surface area contributed by atoms with Crippen LogP contribution in [0.4, 0.5) is 0 Å². The van der Waals surface area contributed by atoms with Gasteiger partial charge in [0.05, 0.1) is 13.2 Å². The average molecular weight is 408 g/mol. The fourth-order valence-corrected chi connectivity index (χ4v) is 5.47. The Morgan fingerprint density at radius 2 is 1.42 bits per heavy atom. The molecule has 152 valence electrons. The van der Waals surface area contributed by atoms with Gasteiger partial charge in [-0.3, -0.25) is 9.13 Å². The van der Waals surface area contributed by atoms with E-state index in [1.807, 2.05) is 13.0 Å². The summed E-state index contributed by atoms with van der Waals surface area (Å²) in [5, 5.41) is 0. The third-order valence-corrected chi connectivity index (χ3v) is 7.79. The molecule has 8 heteroatoms. The summed E-state index contributed by atoms with van der Waals surface area (Å²) in [4.78, 5) is 27.0. The second kappa shape index (κ2) is 12.8. The first-order chi connectivity index (χ1) is 11.9. The number of ether oxygens (including phenoxy) is 1. The molecule has 0 spiro atoms. The molecule has 0 amide bonds. The van der Waals surface area contributed by atoms with E-state index in [1.54, 1.807) is 0 Å². The fourth-order valence-electron chi connectivity index (χ4n) is 2.19. The first-order valence-electron chi connectivity index (χ1n) is 8.79. The standard InChI is InChI=1S/C18H34O6P2/c1-16(2)7-5-8-17(3)9-6-10-18(4)11-12-24-13-14-25(19,20)15-26(21,22)23/h7,9,11H,5-6,8,10,12-15H2,1-4H3,(H,19,20)(H2,21,22,23). The maximum atomic E-state index is 11.6. The van der Waals surface area contributed by atoms with Crippen molar-refractivity contribution in [2.45, 2.75) is 53.4 Å². The molecule has 3 N–H and O–H groups in total. The Labute approximate surface area is 157 Å². The lowest BCUT2D eigenvalue weighted by Gasteiger charge is -2.12. The van der Waals surface area contributed by atoms with Crippen LogP contribution in [0.25, 0.3) is 0 Å². The van der Waals surface area contributed by atoms with Gasteiger partial charge >= 0.3 is 7.60 Å². The Morgan fingerprint density at radius 1 is 0.885 bits per heavy atom. The Hall–Kier alpha value is -0.480. The predicted molar refractivity (Wildman–Crippen MR) is 108 cm³/mol. The topological polar surface area (TPSA) is 104 Å². The monoisotopic (exact) mass is 408 g/mol. The molecule has 6 nitrogen and oxygen atoms in total. The smallest absolute Gasteiger partial charge is 0.335 e. The predicted octanol–water partition coefficient (Wildman–Crippen LogP) is 4.83. The lowest BCUT2D eigenvalue weighted by Crippen LogP contribution is -2.04.